The summed E-state index contributed by atoms with van der Waals surface area (Å²) in [4.78, 5) is 16.1. The Kier molecular flexibility index (Phi) is 2.60. The minimum atomic E-state index is -0.271. The zero-order valence-corrected chi connectivity index (χ0v) is 10.5. The average Bonchev–Trinajstić information content (AvgIpc) is 2.83. The maximum Gasteiger partial charge on any atom is 0.292 e. The summed E-state index contributed by atoms with van der Waals surface area (Å²) < 4.78 is 5.56. The summed E-state index contributed by atoms with van der Waals surface area (Å²) in [5.74, 6) is 1.06. The van der Waals surface area contributed by atoms with Gasteiger partial charge in [-0.05, 0) is 47.5 Å². The molecule has 3 heterocycles. The summed E-state index contributed by atoms with van der Waals surface area (Å²) in [7, 11) is 0. The van der Waals surface area contributed by atoms with Crippen molar-refractivity contribution in [2.75, 3.05) is 5.32 Å². The number of anilines is 1. The van der Waals surface area contributed by atoms with Gasteiger partial charge in [0, 0.05) is 5.69 Å². The molecule has 90 valence electrons. The molecule has 0 atom stereocenters. The van der Waals surface area contributed by atoms with Crippen LogP contribution in [0.25, 0.3) is 6.08 Å². The Morgan fingerprint density at radius 3 is 3.06 bits per heavy atom. The van der Waals surface area contributed by atoms with Crippen molar-refractivity contribution in [2.45, 2.75) is 6.92 Å². The Balaban J connectivity index is 1.97. The number of nitrogens with one attached hydrogen (secondary N) is 1. The molecule has 1 aliphatic rings. The van der Waals surface area contributed by atoms with Gasteiger partial charge in [-0.1, -0.05) is 0 Å². The monoisotopic (exact) mass is 258 g/mol. The average molecular weight is 258 g/mol. The molecule has 0 radical (unpaired) electrons. The van der Waals surface area contributed by atoms with E-state index in [1.165, 1.54) is 0 Å². The third kappa shape index (κ3) is 2.00. The number of carbonyl (C=O) groups excluding carboxylic acids is 1. The molecule has 2 aromatic heterocycles. The molecule has 0 saturated heterocycles. The maximum absolute atomic E-state index is 11.9. The number of nitrogens with zero attached hydrogens (tertiary/aromatic N) is 1. The largest absolute Gasteiger partial charge is 0.448 e. The molecule has 0 unspecified atom stereocenters. The van der Waals surface area contributed by atoms with Gasteiger partial charge in [0.25, 0.3) is 5.91 Å². The quantitative estimate of drug-likeness (QED) is 0.800. The van der Waals surface area contributed by atoms with Crippen LogP contribution in [0.15, 0.2) is 34.7 Å². The molecule has 0 bridgehead atoms. The number of hydrogen-bond donors (Lipinski definition) is 1. The van der Waals surface area contributed by atoms with Gasteiger partial charge in [0.15, 0.2) is 17.3 Å². The molecule has 18 heavy (non-hydrogen) atoms. The zero-order chi connectivity index (χ0) is 12.5. The number of thiophene rings is 1. The Morgan fingerprint density at radius 2 is 2.28 bits per heavy atom. The van der Waals surface area contributed by atoms with E-state index in [1.807, 2.05) is 29.8 Å². The standard InChI is InChI=1S/C13H10N2O2S/c1-8-2-3-10-12(14-8)15-13(16)11(17-10)6-9-4-5-18-7-9/h2-7H,1H3,(H,14,15,16)/b11-6-. The van der Waals surface area contributed by atoms with Crippen molar-refractivity contribution in [3.8, 4) is 5.75 Å². The van der Waals surface area contributed by atoms with E-state index in [9.17, 15) is 4.79 Å². The van der Waals surface area contributed by atoms with Crippen molar-refractivity contribution in [3.63, 3.8) is 0 Å². The van der Waals surface area contributed by atoms with E-state index in [2.05, 4.69) is 10.3 Å². The summed E-state index contributed by atoms with van der Waals surface area (Å²) in [5.41, 5.74) is 1.79. The van der Waals surface area contributed by atoms with E-state index in [0.29, 0.717) is 11.6 Å². The first-order chi connectivity index (χ1) is 8.72. The first-order valence-electron chi connectivity index (χ1n) is 5.43. The summed E-state index contributed by atoms with van der Waals surface area (Å²) in [6, 6.07) is 5.58. The van der Waals surface area contributed by atoms with E-state index in [0.717, 1.165) is 11.3 Å². The van der Waals surface area contributed by atoms with Gasteiger partial charge >= 0.3 is 0 Å². The molecule has 0 fully saturated rings. The van der Waals surface area contributed by atoms with Crippen molar-refractivity contribution < 1.29 is 9.53 Å². The number of amides is 1. The van der Waals surface area contributed by atoms with E-state index in [1.54, 1.807) is 23.5 Å². The van der Waals surface area contributed by atoms with Gasteiger partial charge < -0.3 is 10.1 Å². The van der Waals surface area contributed by atoms with Crippen molar-refractivity contribution >= 4 is 29.1 Å². The second-order valence-corrected chi connectivity index (χ2v) is 4.70. The number of rotatable bonds is 1. The molecule has 0 spiro atoms. The Hall–Kier alpha value is -2.14. The predicted octanol–water partition coefficient (Wildman–Crippen LogP) is 2.82. The van der Waals surface area contributed by atoms with Gasteiger partial charge in [-0.2, -0.15) is 11.3 Å². The van der Waals surface area contributed by atoms with Gasteiger partial charge in [-0.25, -0.2) is 4.98 Å². The van der Waals surface area contributed by atoms with Crippen LogP contribution in [-0.2, 0) is 4.79 Å². The van der Waals surface area contributed by atoms with Crippen LogP contribution in [0.3, 0.4) is 0 Å². The van der Waals surface area contributed by atoms with Crippen LogP contribution in [0.2, 0.25) is 0 Å². The first-order valence-corrected chi connectivity index (χ1v) is 6.37. The number of ether oxygens (including phenoxy) is 1. The molecule has 0 saturated carbocycles. The summed E-state index contributed by atoms with van der Waals surface area (Å²) in [5, 5.41) is 6.62. The van der Waals surface area contributed by atoms with Crippen LogP contribution in [0, 0.1) is 6.92 Å². The van der Waals surface area contributed by atoms with E-state index in [-0.39, 0.29) is 11.7 Å². The molecule has 1 amide bonds. The number of aromatic nitrogens is 1. The maximum atomic E-state index is 11.9. The fourth-order valence-electron chi connectivity index (χ4n) is 1.65. The molecule has 2 aromatic rings. The summed E-state index contributed by atoms with van der Waals surface area (Å²) in [6.45, 7) is 1.86. The lowest BCUT2D eigenvalue weighted by molar-refractivity contribution is -0.115. The minimum absolute atomic E-state index is 0.271. The van der Waals surface area contributed by atoms with Gasteiger partial charge in [0.05, 0.1) is 0 Å². The molecule has 0 aromatic carbocycles. The number of aryl methyl sites for hydroxylation is 1. The first kappa shape index (κ1) is 11.0. The lowest BCUT2D eigenvalue weighted by atomic mass is 10.2. The lowest BCUT2D eigenvalue weighted by Gasteiger charge is -2.18. The molecule has 3 rings (SSSR count). The highest BCUT2D eigenvalue weighted by atomic mass is 32.1. The molecule has 0 aliphatic carbocycles. The summed E-state index contributed by atoms with van der Waals surface area (Å²) in [6.07, 6.45) is 1.72. The highest BCUT2D eigenvalue weighted by molar-refractivity contribution is 7.08. The van der Waals surface area contributed by atoms with Crippen LogP contribution >= 0.6 is 11.3 Å². The SMILES string of the molecule is Cc1ccc2c(n1)NC(=O)/C(=C/c1ccsc1)O2. The van der Waals surface area contributed by atoms with Gasteiger partial charge in [0.2, 0.25) is 0 Å². The van der Waals surface area contributed by atoms with E-state index < -0.39 is 0 Å². The Morgan fingerprint density at radius 1 is 1.39 bits per heavy atom. The third-order valence-corrected chi connectivity index (χ3v) is 3.22. The van der Waals surface area contributed by atoms with Crippen molar-refractivity contribution in [3.05, 3.63) is 46.0 Å². The third-order valence-electron chi connectivity index (χ3n) is 2.51. The van der Waals surface area contributed by atoms with Gasteiger partial charge in [-0.3, -0.25) is 4.79 Å². The second-order valence-electron chi connectivity index (χ2n) is 3.92. The highest BCUT2D eigenvalue weighted by Gasteiger charge is 2.22. The smallest absolute Gasteiger partial charge is 0.292 e. The number of carbonyl (C=O) groups is 1. The molecular weight excluding hydrogens is 248 g/mol. The zero-order valence-electron chi connectivity index (χ0n) is 9.64. The molecule has 1 N–H and O–H groups in total. The van der Waals surface area contributed by atoms with Crippen LogP contribution in [0.1, 0.15) is 11.3 Å². The van der Waals surface area contributed by atoms with Crippen LogP contribution in [0.4, 0.5) is 5.82 Å². The number of hydrogen-bond acceptors (Lipinski definition) is 4. The van der Waals surface area contributed by atoms with Crippen LogP contribution in [-0.4, -0.2) is 10.9 Å². The van der Waals surface area contributed by atoms with E-state index in [4.69, 9.17) is 4.74 Å². The molecule has 4 nitrogen and oxygen atoms in total. The van der Waals surface area contributed by atoms with Gasteiger partial charge in [-0.15, -0.1) is 0 Å². The Bertz CT molecular complexity index is 632. The Labute approximate surface area is 108 Å². The molecule has 1 aliphatic heterocycles. The van der Waals surface area contributed by atoms with E-state index >= 15 is 0 Å². The topological polar surface area (TPSA) is 51.2 Å². The fourth-order valence-corrected chi connectivity index (χ4v) is 2.27. The predicted molar refractivity (Wildman–Crippen MR) is 70.5 cm³/mol. The number of pyridine rings is 1. The molecule has 5 heteroatoms. The second kappa shape index (κ2) is 4.27. The lowest BCUT2D eigenvalue weighted by Crippen LogP contribution is -2.24. The minimum Gasteiger partial charge on any atom is -0.448 e. The van der Waals surface area contributed by atoms with Crippen LogP contribution < -0.4 is 10.1 Å². The van der Waals surface area contributed by atoms with Gasteiger partial charge in [0.1, 0.15) is 0 Å². The fraction of sp³-hybridized carbons (Fsp3) is 0.0769. The number of fused-ring (bicyclic) bond motifs is 1. The van der Waals surface area contributed by atoms with Crippen molar-refractivity contribution in [1.29, 1.82) is 0 Å². The highest BCUT2D eigenvalue weighted by Crippen LogP contribution is 2.29. The molecular formula is C13H10N2O2S. The van der Waals surface area contributed by atoms with Crippen molar-refractivity contribution in [2.24, 2.45) is 0 Å². The normalized spacial score (nSPS) is 16.1. The van der Waals surface area contributed by atoms with Crippen LogP contribution in [0.5, 0.6) is 5.75 Å². The van der Waals surface area contributed by atoms with Crippen molar-refractivity contribution in [1.82, 2.24) is 4.98 Å². The summed E-state index contributed by atoms with van der Waals surface area (Å²) >= 11 is 1.57.